The summed E-state index contributed by atoms with van der Waals surface area (Å²) >= 11 is 0. The molecule has 18 heavy (non-hydrogen) atoms. The number of likely N-dealkylation sites (N-methyl/N-ethyl adjacent to an activating group) is 1. The van der Waals surface area contributed by atoms with E-state index in [1.807, 2.05) is 6.07 Å². The zero-order chi connectivity index (χ0) is 13.9. The molecule has 1 aromatic carbocycles. The number of nitriles is 1. The molecule has 98 valence electrons. The Balaban J connectivity index is 3.33. The molecular weight excluding hydrogens is 250 g/mol. The highest BCUT2D eigenvalue weighted by atomic mass is 32.2. The number of sulfonamides is 1. The lowest BCUT2D eigenvalue weighted by molar-refractivity contribution is 0.394. The minimum absolute atomic E-state index is 0.157. The van der Waals surface area contributed by atoms with E-state index in [-0.39, 0.29) is 17.5 Å². The quantitative estimate of drug-likeness (QED) is 0.875. The van der Waals surface area contributed by atoms with Crippen LogP contribution in [-0.2, 0) is 10.0 Å². The summed E-state index contributed by atoms with van der Waals surface area (Å²) < 4.78 is 26.0. The van der Waals surface area contributed by atoms with Crippen LogP contribution in [0.1, 0.15) is 18.1 Å². The number of nitrogens with zero attached hydrogens (tertiary/aromatic N) is 2. The summed E-state index contributed by atoms with van der Waals surface area (Å²) in [6.45, 7) is 3.68. The molecule has 0 aromatic heterocycles. The first kappa shape index (κ1) is 14.6. The van der Waals surface area contributed by atoms with Crippen LogP contribution in [0.3, 0.4) is 0 Å². The first-order valence-corrected chi connectivity index (χ1v) is 6.97. The van der Waals surface area contributed by atoms with Crippen LogP contribution in [0.2, 0.25) is 0 Å². The highest BCUT2D eigenvalue weighted by molar-refractivity contribution is 7.89. The van der Waals surface area contributed by atoms with Crippen molar-refractivity contribution in [1.29, 1.82) is 5.26 Å². The van der Waals surface area contributed by atoms with Crippen molar-refractivity contribution in [2.45, 2.75) is 24.8 Å². The molecule has 1 atom stereocenters. The average molecular weight is 267 g/mol. The van der Waals surface area contributed by atoms with Crippen LogP contribution >= 0.6 is 0 Å². The van der Waals surface area contributed by atoms with Gasteiger partial charge in [-0.25, -0.2) is 8.42 Å². The fourth-order valence-electron chi connectivity index (χ4n) is 1.49. The fourth-order valence-corrected chi connectivity index (χ4v) is 3.11. The molecule has 0 aliphatic carbocycles. The summed E-state index contributed by atoms with van der Waals surface area (Å²) in [4.78, 5) is 0.157. The van der Waals surface area contributed by atoms with Crippen molar-refractivity contribution < 1.29 is 8.42 Å². The molecule has 0 aliphatic rings. The Bertz CT molecular complexity index is 575. The number of benzene rings is 1. The van der Waals surface area contributed by atoms with Gasteiger partial charge in [0, 0.05) is 19.6 Å². The molecule has 0 aliphatic heterocycles. The lowest BCUT2D eigenvalue weighted by Gasteiger charge is -2.23. The third-order valence-corrected chi connectivity index (χ3v) is 5.05. The average Bonchev–Trinajstić information content (AvgIpc) is 2.37. The molecule has 0 saturated carbocycles. The predicted molar refractivity (Wildman–Crippen MR) is 69.4 cm³/mol. The summed E-state index contributed by atoms with van der Waals surface area (Å²) in [6, 6.07) is 6.27. The van der Waals surface area contributed by atoms with Gasteiger partial charge < -0.3 is 5.73 Å². The van der Waals surface area contributed by atoms with Crippen LogP contribution in [0.15, 0.2) is 23.1 Å². The van der Waals surface area contributed by atoms with Crippen LogP contribution in [-0.4, -0.2) is 32.4 Å². The van der Waals surface area contributed by atoms with E-state index < -0.39 is 10.0 Å². The smallest absolute Gasteiger partial charge is 0.243 e. The molecular formula is C12H17N3O2S. The molecule has 2 N–H and O–H groups in total. The second-order valence-electron chi connectivity index (χ2n) is 4.20. The summed E-state index contributed by atoms with van der Waals surface area (Å²) in [7, 11) is -2.12. The minimum Gasteiger partial charge on any atom is -0.329 e. The third-order valence-electron chi connectivity index (χ3n) is 2.94. The number of aryl methyl sites for hydroxylation is 1. The standard InChI is InChI=1S/C12H17N3O2S/c1-9-4-5-11(8-14)6-12(9)18(16,17)15(3)10(2)7-13/h4-6,10H,7,13H2,1-3H3. The summed E-state index contributed by atoms with van der Waals surface area (Å²) in [5.41, 5.74) is 6.43. The Hall–Kier alpha value is -1.42. The van der Waals surface area contributed by atoms with E-state index in [1.54, 1.807) is 26.0 Å². The van der Waals surface area contributed by atoms with Crippen molar-refractivity contribution in [3.8, 4) is 6.07 Å². The second kappa shape index (κ2) is 5.48. The molecule has 0 spiro atoms. The molecule has 0 radical (unpaired) electrons. The van der Waals surface area contributed by atoms with Crippen LogP contribution in [0.4, 0.5) is 0 Å². The molecule has 0 fully saturated rings. The Labute approximate surface area is 108 Å². The molecule has 0 amide bonds. The van der Waals surface area contributed by atoms with E-state index in [0.717, 1.165) is 0 Å². The molecule has 0 saturated heterocycles. The Kier molecular flexibility index (Phi) is 4.46. The van der Waals surface area contributed by atoms with Crippen LogP contribution in [0.25, 0.3) is 0 Å². The van der Waals surface area contributed by atoms with Crippen LogP contribution in [0.5, 0.6) is 0 Å². The van der Waals surface area contributed by atoms with E-state index in [0.29, 0.717) is 11.1 Å². The van der Waals surface area contributed by atoms with Gasteiger partial charge in [-0.1, -0.05) is 6.07 Å². The van der Waals surface area contributed by atoms with Crippen molar-refractivity contribution >= 4 is 10.0 Å². The Morgan fingerprint density at radius 2 is 2.11 bits per heavy atom. The molecule has 5 nitrogen and oxygen atoms in total. The first-order valence-electron chi connectivity index (χ1n) is 5.53. The third kappa shape index (κ3) is 2.70. The van der Waals surface area contributed by atoms with Gasteiger partial charge in [-0.2, -0.15) is 9.57 Å². The first-order chi connectivity index (χ1) is 8.34. The van der Waals surface area contributed by atoms with Gasteiger partial charge in [-0.05, 0) is 31.5 Å². The van der Waals surface area contributed by atoms with Crippen molar-refractivity contribution in [1.82, 2.24) is 4.31 Å². The fraction of sp³-hybridized carbons (Fsp3) is 0.417. The molecule has 0 heterocycles. The largest absolute Gasteiger partial charge is 0.329 e. The van der Waals surface area contributed by atoms with E-state index in [2.05, 4.69) is 0 Å². The van der Waals surface area contributed by atoms with Crippen molar-refractivity contribution in [3.05, 3.63) is 29.3 Å². The van der Waals surface area contributed by atoms with E-state index in [9.17, 15) is 8.42 Å². The number of nitrogens with two attached hydrogens (primary N) is 1. The topological polar surface area (TPSA) is 87.2 Å². The van der Waals surface area contributed by atoms with Gasteiger partial charge in [-0.3, -0.25) is 0 Å². The van der Waals surface area contributed by atoms with Gasteiger partial charge in [0.1, 0.15) is 0 Å². The lowest BCUT2D eigenvalue weighted by Crippen LogP contribution is -2.39. The van der Waals surface area contributed by atoms with Gasteiger partial charge in [-0.15, -0.1) is 0 Å². The molecule has 0 bridgehead atoms. The van der Waals surface area contributed by atoms with E-state index in [1.165, 1.54) is 17.4 Å². The van der Waals surface area contributed by atoms with Gasteiger partial charge in [0.25, 0.3) is 0 Å². The highest BCUT2D eigenvalue weighted by Crippen LogP contribution is 2.21. The Morgan fingerprint density at radius 3 is 2.61 bits per heavy atom. The van der Waals surface area contributed by atoms with Gasteiger partial charge in [0.05, 0.1) is 16.5 Å². The SMILES string of the molecule is Cc1ccc(C#N)cc1S(=O)(=O)N(C)C(C)CN. The molecule has 6 heteroatoms. The Morgan fingerprint density at radius 1 is 1.50 bits per heavy atom. The van der Waals surface area contributed by atoms with Gasteiger partial charge >= 0.3 is 0 Å². The maximum absolute atomic E-state index is 12.4. The maximum Gasteiger partial charge on any atom is 0.243 e. The maximum atomic E-state index is 12.4. The number of hydrogen-bond donors (Lipinski definition) is 1. The van der Waals surface area contributed by atoms with Crippen molar-refractivity contribution in [3.63, 3.8) is 0 Å². The molecule has 1 rings (SSSR count). The summed E-state index contributed by atoms with van der Waals surface area (Å²) in [6.07, 6.45) is 0. The lowest BCUT2D eigenvalue weighted by atomic mass is 10.2. The van der Waals surface area contributed by atoms with E-state index in [4.69, 9.17) is 11.0 Å². The van der Waals surface area contributed by atoms with Crippen LogP contribution in [0, 0.1) is 18.3 Å². The zero-order valence-corrected chi connectivity index (χ0v) is 11.5. The van der Waals surface area contributed by atoms with Crippen molar-refractivity contribution in [2.24, 2.45) is 5.73 Å². The minimum atomic E-state index is -3.61. The zero-order valence-electron chi connectivity index (χ0n) is 10.7. The normalized spacial score (nSPS) is 13.3. The number of rotatable bonds is 4. The molecule has 1 unspecified atom stereocenters. The number of hydrogen-bond acceptors (Lipinski definition) is 4. The van der Waals surface area contributed by atoms with Gasteiger partial charge in [0.15, 0.2) is 0 Å². The van der Waals surface area contributed by atoms with Crippen molar-refractivity contribution in [2.75, 3.05) is 13.6 Å². The second-order valence-corrected chi connectivity index (χ2v) is 6.16. The monoisotopic (exact) mass is 267 g/mol. The summed E-state index contributed by atoms with van der Waals surface area (Å²) in [5, 5.41) is 8.83. The van der Waals surface area contributed by atoms with E-state index >= 15 is 0 Å². The van der Waals surface area contributed by atoms with Crippen LogP contribution < -0.4 is 5.73 Å². The van der Waals surface area contributed by atoms with Gasteiger partial charge in [0.2, 0.25) is 10.0 Å². The highest BCUT2D eigenvalue weighted by Gasteiger charge is 2.26. The summed E-state index contributed by atoms with van der Waals surface area (Å²) in [5.74, 6) is 0. The molecule has 1 aromatic rings. The predicted octanol–water partition coefficient (Wildman–Crippen LogP) is 0.834.